The minimum Gasteiger partial charge on any atom is -0.487 e. The summed E-state index contributed by atoms with van der Waals surface area (Å²) in [4.78, 5) is 6.87. The van der Waals surface area contributed by atoms with Crippen molar-refractivity contribution in [2.24, 2.45) is 5.92 Å². The molecule has 4 rings (SSSR count). The molecule has 0 aliphatic carbocycles. The standard InChI is InChI=1S/C21H26N2O2/c1-2-10-22-19(7-1)16-25-20-8-3-5-17(13-20)14-23-11-9-21-18(15-23)6-4-12-24-21/h1-3,5,7-8,10,13,18,21H,4,6,9,11-12,14-16H2/t18-,21-/m0/s1. The average Bonchev–Trinajstić information content (AvgIpc) is 2.67. The van der Waals surface area contributed by atoms with Crippen molar-refractivity contribution in [2.75, 3.05) is 19.7 Å². The Morgan fingerprint density at radius 3 is 3.08 bits per heavy atom. The minimum atomic E-state index is 0.498. The van der Waals surface area contributed by atoms with E-state index >= 15 is 0 Å². The molecule has 1 aromatic heterocycles. The summed E-state index contributed by atoms with van der Waals surface area (Å²) >= 11 is 0. The molecule has 2 atom stereocenters. The van der Waals surface area contributed by atoms with Crippen LogP contribution in [0, 0.1) is 5.92 Å². The molecule has 0 saturated carbocycles. The van der Waals surface area contributed by atoms with Crippen LogP contribution in [0.25, 0.3) is 0 Å². The highest BCUT2D eigenvalue weighted by atomic mass is 16.5. The molecular weight excluding hydrogens is 312 g/mol. The first-order chi connectivity index (χ1) is 12.4. The number of pyridine rings is 1. The van der Waals surface area contributed by atoms with Crippen LogP contribution in [0.5, 0.6) is 5.75 Å². The third-order valence-electron chi connectivity index (χ3n) is 5.22. The van der Waals surface area contributed by atoms with Gasteiger partial charge < -0.3 is 9.47 Å². The van der Waals surface area contributed by atoms with E-state index < -0.39 is 0 Å². The smallest absolute Gasteiger partial charge is 0.130 e. The number of fused-ring (bicyclic) bond motifs is 1. The molecule has 2 saturated heterocycles. The van der Waals surface area contributed by atoms with Gasteiger partial charge >= 0.3 is 0 Å². The molecule has 2 aliphatic rings. The van der Waals surface area contributed by atoms with Gasteiger partial charge in [-0.2, -0.15) is 0 Å². The zero-order valence-corrected chi connectivity index (χ0v) is 14.6. The number of hydrogen-bond donors (Lipinski definition) is 0. The lowest BCUT2D eigenvalue weighted by Crippen LogP contribution is -2.45. The lowest BCUT2D eigenvalue weighted by molar-refractivity contribution is -0.0676. The zero-order chi connectivity index (χ0) is 16.9. The molecule has 0 amide bonds. The number of likely N-dealkylation sites (tertiary alicyclic amines) is 1. The number of benzene rings is 1. The first-order valence-corrected chi connectivity index (χ1v) is 9.32. The van der Waals surface area contributed by atoms with Crippen LogP contribution in [-0.2, 0) is 17.9 Å². The summed E-state index contributed by atoms with van der Waals surface area (Å²) in [6, 6.07) is 14.3. The van der Waals surface area contributed by atoms with Crippen molar-refractivity contribution >= 4 is 0 Å². The maximum atomic E-state index is 5.92. The second kappa shape index (κ2) is 7.98. The summed E-state index contributed by atoms with van der Waals surface area (Å²) in [5, 5.41) is 0. The van der Waals surface area contributed by atoms with Gasteiger partial charge in [0.05, 0.1) is 11.8 Å². The van der Waals surface area contributed by atoms with Crippen molar-refractivity contribution in [2.45, 2.75) is 38.5 Å². The molecule has 2 aromatic rings. The summed E-state index contributed by atoms with van der Waals surface area (Å²) in [5.41, 5.74) is 2.26. The van der Waals surface area contributed by atoms with Crippen LogP contribution in [0.4, 0.5) is 0 Å². The highest BCUT2D eigenvalue weighted by Crippen LogP contribution is 2.29. The van der Waals surface area contributed by atoms with E-state index in [9.17, 15) is 0 Å². The molecule has 4 heteroatoms. The van der Waals surface area contributed by atoms with Crippen LogP contribution in [0.1, 0.15) is 30.5 Å². The monoisotopic (exact) mass is 338 g/mol. The van der Waals surface area contributed by atoms with Crippen LogP contribution in [0.3, 0.4) is 0 Å². The fourth-order valence-corrected chi connectivity index (χ4v) is 3.94. The fourth-order valence-electron chi connectivity index (χ4n) is 3.94. The lowest BCUT2D eigenvalue weighted by atomic mass is 9.88. The predicted octanol–water partition coefficient (Wildman–Crippen LogP) is 3.66. The summed E-state index contributed by atoms with van der Waals surface area (Å²) in [6.45, 7) is 4.74. The van der Waals surface area contributed by atoms with Crippen molar-refractivity contribution in [3.05, 3.63) is 59.9 Å². The van der Waals surface area contributed by atoms with E-state index in [1.807, 2.05) is 24.3 Å². The fraction of sp³-hybridized carbons (Fsp3) is 0.476. The first-order valence-electron chi connectivity index (χ1n) is 9.32. The van der Waals surface area contributed by atoms with E-state index in [4.69, 9.17) is 9.47 Å². The van der Waals surface area contributed by atoms with E-state index in [0.717, 1.165) is 37.7 Å². The van der Waals surface area contributed by atoms with Crippen LogP contribution >= 0.6 is 0 Å². The second-order valence-corrected chi connectivity index (χ2v) is 7.09. The van der Waals surface area contributed by atoms with Gasteiger partial charge in [-0.15, -0.1) is 0 Å². The van der Waals surface area contributed by atoms with E-state index in [0.29, 0.717) is 18.6 Å². The summed E-state index contributed by atoms with van der Waals surface area (Å²) in [5.74, 6) is 1.63. The van der Waals surface area contributed by atoms with Gasteiger partial charge in [0, 0.05) is 32.4 Å². The third kappa shape index (κ3) is 4.39. The Hall–Kier alpha value is -1.91. The average molecular weight is 338 g/mol. The molecule has 25 heavy (non-hydrogen) atoms. The molecule has 4 nitrogen and oxygen atoms in total. The van der Waals surface area contributed by atoms with Gasteiger partial charge in [-0.25, -0.2) is 0 Å². The second-order valence-electron chi connectivity index (χ2n) is 7.09. The van der Waals surface area contributed by atoms with Gasteiger partial charge in [-0.05, 0) is 55.0 Å². The molecule has 132 valence electrons. The molecule has 3 heterocycles. The predicted molar refractivity (Wildman–Crippen MR) is 97.4 cm³/mol. The number of ether oxygens (including phenoxy) is 2. The van der Waals surface area contributed by atoms with E-state index in [2.05, 4.69) is 28.1 Å². The summed E-state index contributed by atoms with van der Waals surface area (Å²) < 4.78 is 11.8. The molecule has 0 N–H and O–H groups in total. The summed E-state index contributed by atoms with van der Waals surface area (Å²) in [7, 11) is 0. The highest BCUT2D eigenvalue weighted by molar-refractivity contribution is 5.28. The van der Waals surface area contributed by atoms with Crippen molar-refractivity contribution in [3.63, 3.8) is 0 Å². The largest absolute Gasteiger partial charge is 0.487 e. The zero-order valence-electron chi connectivity index (χ0n) is 14.6. The summed E-state index contributed by atoms with van der Waals surface area (Å²) in [6.07, 6.45) is 5.99. The lowest BCUT2D eigenvalue weighted by Gasteiger charge is -2.41. The van der Waals surface area contributed by atoms with Gasteiger partial charge in [0.2, 0.25) is 0 Å². The van der Waals surface area contributed by atoms with Gasteiger partial charge in [-0.1, -0.05) is 18.2 Å². The van der Waals surface area contributed by atoms with Crippen LogP contribution in [-0.4, -0.2) is 35.7 Å². The van der Waals surface area contributed by atoms with E-state index in [1.54, 1.807) is 6.20 Å². The Kier molecular flexibility index (Phi) is 5.28. The number of piperidine rings is 1. The highest BCUT2D eigenvalue weighted by Gasteiger charge is 2.31. The van der Waals surface area contributed by atoms with Gasteiger partial charge in [0.15, 0.2) is 0 Å². The molecule has 0 radical (unpaired) electrons. The Bertz CT molecular complexity index is 677. The number of aromatic nitrogens is 1. The molecule has 2 fully saturated rings. The van der Waals surface area contributed by atoms with Crippen LogP contribution in [0.2, 0.25) is 0 Å². The van der Waals surface area contributed by atoms with Crippen molar-refractivity contribution in [3.8, 4) is 5.75 Å². The van der Waals surface area contributed by atoms with E-state index in [1.165, 1.54) is 24.8 Å². The van der Waals surface area contributed by atoms with Crippen LogP contribution in [0.15, 0.2) is 48.7 Å². The van der Waals surface area contributed by atoms with Crippen LogP contribution < -0.4 is 4.74 Å². The van der Waals surface area contributed by atoms with Crippen molar-refractivity contribution in [1.29, 1.82) is 0 Å². The normalized spacial score (nSPS) is 23.8. The number of nitrogens with zero attached hydrogens (tertiary/aromatic N) is 2. The molecule has 0 spiro atoms. The maximum absolute atomic E-state index is 5.92. The Morgan fingerprint density at radius 1 is 1.16 bits per heavy atom. The minimum absolute atomic E-state index is 0.498. The quantitative estimate of drug-likeness (QED) is 0.833. The molecular formula is C21H26N2O2. The molecule has 2 aliphatic heterocycles. The van der Waals surface area contributed by atoms with Gasteiger partial charge in [0.25, 0.3) is 0 Å². The topological polar surface area (TPSA) is 34.6 Å². The number of rotatable bonds is 5. The Labute approximate surface area is 149 Å². The Balaban J connectivity index is 1.33. The number of hydrogen-bond acceptors (Lipinski definition) is 4. The first kappa shape index (κ1) is 16.6. The third-order valence-corrected chi connectivity index (χ3v) is 5.22. The SMILES string of the molecule is c1ccc(COc2cccc(CN3CC[C@@H]4OCCC[C@H]4C3)c2)nc1. The molecule has 0 bridgehead atoms. The molecule has 0 unspecified atom stereocenters. The molecule has 1 aromatic carbocycles. The van der Waals surface area contributed by atoms with Crippen molar-refractivity contribution < 1.29 is 9.47 Å². The van der Waals surface area contributed by atoms with Gasteiger partial charge in [-0.3, -0.25) is 9.88 Å². The van der Waals surface area contributed by atoms with Gasteiger partial charge in [0.1, 0.15) is 12.4 Å². The maximum Gasteiger partial charge on any atom is 0.130 e. The van der Waals surface area contributed by atoms with Crippen molar-refractivity contribution in [1.82, 2.24) is 9.88 Å². The van der Waals surface area contributed by atoms with E-state index in [-0.39, 0.29) is 0 Å². The Morgan fingerprint density at radius 2 is 2.16 bits per heavy atom.